The van der Waals surface area contributed by atoms with Gasteiger partial charge in [-0.15, -0.1) is 0 Å². The molecule has 0 aliphatic carbocycles. The minimum atomic E-state index is -3.20. The van der Waals surface area contributed by atoms with Gasteiger partial charge in [-0.05, 0) is 125 Å². The lowest BCUT2D eigenvalue weighted by atomic mass is 10.00. The van der Waals surface area contributed by atoms with E-state index >= 15 is 0 Å². The largest absolute Gasteiger partial charge is 0.490 e. The summed E-state index contributed by atoms with van der Waals surface area (Å²) in [6, 6.07) is 18.7. The van der Waals surface area contributed by atoms with Gasteiger partial charge < -0.3 is 38.6 Å². The van der Waals surface area contributed by atoms with Crippen LogP contribution in [-0.2, 0) is 69.1 Å². The molecule has 5 aromatic carbocycles. The first kappa shape index (κ1) is 86.5. The zero-order valence-corrected chi connectivity index (χ0v) is 70.9. The van der Waals surface area contributed by atoms with Crippen LogP contribution in [0.25, 0.3) is 54.5 Å². The first-order chi connectivity index (χ1) is 53.5. The third-order valence-corrected chi connectivity index (χ3v) is 26.7. The normalized spacial score (nSPS) is 17.8. The molecule has 0 saturated carbocycles. The molecule has 10 heterocycles. The molecule has 0 unspecified atom stereocenters. The molecule has 10 aromatic rings. The van der Waals surface area contributed by atoms with Crippen molar-refractivity contribution in [3.63, 3.8) is 0 Å². The molecule has 1 amide bonds. The average molecular weight is 1720 g/mol. The second kappa shape index (κ2) is 37.3. The third-order valence-electron chi connectivity index (χ3n) is 20.4. The number of ether oxygens (including phenoxy) is 5. The highest BCUT2D eigenvalue weighted by molar-refractivity contribution is 7.89. The number of nitrogens with zero attached hydrogens (tertiary/aromatic N) is 13. The molecule has 113 heavy (non-hydrogen) atoms. The van der Waals surface area contributed by atoms with E-state index in [2.05, 4.69) is 64.7 Å². The molecule has 0 radical (unpaired) electrons. The summed E-state index contributed by atoms with van der Waals surface area (Å²) in [5.74, 6) is 2.89. The number of fused-ring (bicyclic) bond motifs is 5. The number of hydrogen-bond acceptors (Lipinski definition) is 21. The lowest BCUT2D eigenvalue weighted by Gasteiger charge is -2.46. The number of methoxy groups -OCH3 is 1. The summed E-state index contributed by atoms with van der Waals surface area (Å²) >= 11 is 24.6. The first-order valence-corrected chi connectivity index (χ1v) is 46.1. The number of carbonyl (C=O) groups excluding carboxylic acids is 1. The van der Waals surface area contributed by atoms with Gasteiger partial charge in [0.25, 0.3) is 0 Å². The Labute approximate surface area is 678 Å². The summed E-state index contributed by atoms with van der Waals surface area (Å²) in [5, 5.41) is 45.7. The number of aryl methyl sites for hydroxylation is 1. The molecule has 5 aromatic heterocycles. The van der Waals surface area contributed by atoms with Crippen LogP contribution in [0.3, 0.4) is 0 Å². The molecule has 0 spiro atoms. The van der Waals surface area contributed by atoms with Crippen LogP contribution in [0, 0.1) is 0 Å². The number of aromatic amines is 3. The monoisotopic (exact) mass is 1720 g/mol. The maximum absolute atomic E-state index is 12.0. The standard InChI is InChI=1S/C16H22ClN3O4S.C16H24N4O2S.C15H20ClN3O4S.C14H16ClN3O2.C13H16ClN3O3S/c1-23-8-7-20-15-9-12(17)10-16(14(15)11-18-20)24-13-3-5-19(6-4-13)25(2,21)22;1-5-12-8-14-13(10-17-18-14)15(9-12)19-6-7-20(23(4,21)22)16(2,3)11-19;1-24(21,22)18-4-2-12(3-5-18)23-15-9-11(16)8-14-13(15)10-17-19(14)6-7-20;1-9(19)18-4-2-11(3-5-18)20-14-7-10(15)6-13-12(14)8-16-17-13;1-21(18,19)17-4-2-10(3-5-17)20-13-7-9(14)6-12-11(13)8-15-16-12/h9-11,13H,3-8H2,1-2H3;8-10H,5-7,11H2,1-4H3,(H,17,18);8-10,12,20H,2-7H2,1H3;6-8,11H,2-5H2,1H3,(H,16,17);6-8,10H,2-5H2,1H3,(H,15,16). The van der Waals surface area contributed by atoms with Gasteiger partial charge in [-0.25, -0.2) is 46.6 Å². The summed E-state index contributed by atoms with van der Waals surface area (Å²) in [4.78, 5) is 15.4. The predicted octanol–water partition coefficient (Wildman–Crippen LogP) is 10.2. The number of anilines is 1. The summed E-state index contributed by atoms with van der Waals surface area (Å²) in [7, 11) is -10.9. The molecule has 15 rings (SSSR count). The molecule has 5 aliphatic rings. The number of halogens is 4. The van der Waals surface area contributed by atoms with Gasteiger partial charge in [-0.3, -0.25) is 29.5 Å². The number of nitrogens with one attached hydrogen (secondary N) is 3. The number of likely N-dealkylation sites (tertiary alicyclic amines) is 1. The van der Waals surface area contributed by atoms with Gasteiger partial charge >= 0.3 is 0 Å². The molecule has 0 bridgehead atoms. The lowest BCUT2D eigenvalue weighted by Crippen LogP contribution is -2.60. The molecule has 5 saturated heterocycles. The number of carbonyl (C=O) groups is 1. The van der Waals surface area contributed by atoms with Gasteiger partial charge in [0.1, 0.15) is 47.4 Å². The Morgan fingerprint density at radius 1 is 0.487 bits per heavy atom. The van der Waals surface area contributed by atoms with Crippen LogP contribution >= 0.6 is 46.4 Å². The molecule has 31 nitrogen and oxygen atoms in total. The summed E-state index contributed by atoms with van der Waals surface area (Å²) < 4.78 is 132. The number of aliphatic hydroxyl groups is 1. The van der Waals surface area contributed by atoms with Crippen LogP contribution < -0.4 is 23.8 Å². The minimum absolute atomic E-state index is 0.0105. The minimum Gasteiger partial charge on any atom is -0.490 e. The molecule has 4 N–H and O–H groups in total. The molecule has 5 fully saturated rings. The van der Waals surface area contributed by atoms with Gasteiger partial charge in [-0.1, -0.05) is 53.3 Å². The van der Waals surface area contributed by atoms with Crippen molar-refractivity contribution in [1.29, 1.82) is 0 Å². The fraction of sp³-hybridized carbons (Fsp3) is 0.514. The maximum Gasteiger partial charge on any atom is 0.219 e. The fourth-order valence-electron chi connectivity index (χ4n) is 14.6. The molecule has 0 atom stereocenters. The van der Waals surface area contributed by atoms with Crippen molar-refractivity contribution < 1.29 is 67.3 Å². The van der Waals surface area contributed by atoms with Gasteiger partial charge in [0.15, 0.2) is 0 Å². The van der Waals surface area contributed by atoms with E-state index in [1.807, 2.05) is 47.8 Å². The molecular weight excluding hydrogens is 1620 g/mol. The van der Waals surface area contributed by atoms with Gasteiger partial charge in [0, 0.05) is 136 Å². The number of amides is 1. The fourth-order valence-corrected chi connectivity index (χ4v) is 19.4. The summed E-state index contributed by atoms with van der Waals surface area (Å²) in [5.41, 5.74) is 6.37. The quantitative estimate of drug-likeness (QED) is 0.0584. The number of aliphatic hydroxyl groups excluding tert-OH is 1. The van der Waals surface area contributed by atoms with Crippen LogP contribution in [0.5, 0.6) is 23.0 Å². The Hall–Kier alpha value is -7.36. The zero-order valence-electron chi connectivity index (χ0n) is 64.6. The van der Waals surface area contributed by atoms with Crippen LogP contribution in [0.1, 0.15) is 84.6 Å². The molecular formula is C74H98Cl4N16O15S4. The lowest BCUT2D eigenvalue weighted by molar-refractivity contribution is -0.130. The highest BCUT2D eigenvalue weighted by atomic mass is 35.5. The number of hydrogen-bond donors (Lipinski definition) is 4. The van der Waals surface area contributed by atoms with E-state index in [4.69, 9.17) is 75.2 Å². The molecule has 616 valence electrons. The van der Waals surface area contributed by atoms with E-state index in [1.54, 1.807) is 78.1 Å². The van der Waals surface area contributed by atoms with Crippen molar-refractivity contribution in [2.75, 3.05) is 122 Å². The number of piperazine rings is 1. The number of H-pyrrole nitrogens is 3. The Bertz CT molecular complexity index is 5420. The highest BCUT2D eigenvalue weighted by Crippen LogP contribution is 2.38. The smallest absolute Gasteiger partial charge is 0.219 e. The summed E-state index contributed by atoms with van der Waals surface area (Å²) in [6.45, 7) is 15.4. The Balaban J connectivity index is 0.000000140. The Kier molecular flexibility index (Phi) is 28.5. The highest BCUT2D eigenvalue weighted by Gasteiger charge is 2.40. The number of piperidine rings is 4. The zero-order chi connectivity index (χ0) is 81.3. The van der Waals surface area contributed by atoms with Crippen LogP contribution in [0.4, 0.5) is 5.69 Å². The van der Waals surface area contributed by atoms with Gasteiger partial charge in [-0.2, -0.15) is 29.8 Å². The topological polar surface area (TPSA) is 361 Å². The molecule has 5 aliphatic heterocycles. The number of benzene rings is 5. The van der Waals surface area contributed by atoms with Crippen molar-refractivity contribution >= 4 is 153 Å². The SMILES string of the molecule is CC(=O)N1CCC(Oc2cc(Cl)cc3[nH]ncc23)CC1.CCc1cc(N2CCN(S(C)(=O)=O)C(C)(C)C2)c2cn[nH]c2c1.COCCn1ncc2c(OC3CCN(S(C)(=O)=O)CC3)cc(Cl)cc21.CS(=O)(=O)N1CCC(Oc2cc(Cl)cc3[nH]ncc23)CC1.CS(=O)(=O)N1CCC(Oc2cc(Cl)cc3c2cnn3CCO)CC1. The van der Waals surface area contributed by atoms with E-state index in [1.165, 1.54) is 43.5 Å². The number of aromatic nitrogens is 10. The van der Waals surface area contributed by atoms with Gasteiger partial charge in [0.05, 0.1) is 131 Å². The predicted molar refractivity (Wildman–Crippen MR) is 440 cm³/mol. The molecule has 39 heteroatoms. The van der Waals surface area contributed by atoms with Crippen LogP contribution in [-0.4, -0.2) is 264 Å². The van der Waals surface area contributed by atoms with Crippen LogP contribution in [0.2, 0.25) is 20.1 Å². The Morgan fingerprint density at radius 3 is 1.22 bits per heavy atom. The van der Waals surface area contributed by atoms with Crippen LogP contribution in [0.15, 0.2) is 91.6 Å². The summed E-state index contributed by atoms with van der Waals surface area (Å²) in [6.07, 6.45) is 20.3. The third kappa shape index (κ3) is 22.4. The van der Waals surface area contributed by atoms with E-state index in [9.17, 15) is 38.5 Å². The van der Waals surface area contributed by atoms with E-state index in [0.717, 1.165) is 98.3 Å². The first-order valence-electron chi connectivity index (χ1n) is 37.2. The second-order valence-electron chi connectivity index (χ2n) is 29.2. The van der Waals surface area contributed by atoms with E-state index in [0.29, 0.717) is 154 Å². The van der Waals surface area contributed by atoms with Crippen molar-refractivity contribution in [2.24, 2.45) is 0 Å². The van der Waals surface area contributed by atoms with Crippen molar-refractivity contribution in [1.82, 2.24) is 72.3 Å². The van der Waals surface area contributed by atoms with Gasteiger partial charge in [0.2, 0.25) is 46.0 Å². The number of rotatable bonds is 19. The van der Waals surface area contributed by atoms with Crippen molar-refractivity contribution in [3.05, 3.63) is 117 Å². The second-order valence-corrected chi connectivity index (χ2v) is 38.8. The average Bonchev–Trinajstić information content (AvgIpc) is 1.62. The van der Waals surface area contributed by atoms with E-state index in [-0.39, 0.29) is 36.9 Å². The van der Waals surface area contributed by atoms with E-state index < -0.39 is 45.6 Å². The maximum atomic E-state index is 12.0. The Morgan fingerprint density at radius 2 is 0.858 bits per heavy atom. The van der Waals surface area contributed by atoms with Crippen molar-refractivity contribution in [2.45, 2.75) is 129 Å². The number of sulfonamides is 4. The van der Waals surface area contributed by atoms with Crippen molar-refractivity contribution in [3.8, 4) is 23.0 Å².